The fourth-order valence-electron chi connectivity index (χ4n) is 1.85. The van der Waals surface area contributed by atoms with E-state index in [0.717, 1.165) is 24.1 Å². The molecule has 1 atom stereocenters. The number of hydrogen-bond acceptors (Lipinski definition) is 3. The number of aliphatic hydroxyl groups excluding tert-OH is 2. The summed E-state index contributed by atoms with van der Waals surface area (Å²) in [5, 5.41) is 21.3. The van der Waals surface area contributed by atoms with Crippen LogP contribution in [0.2, 0.25) is 0 Å². The van der Waals surface area contributed by atoms with Gasteiger partial charge in [0.05, 0.1) is 13.2 Å². The van der Waals surface area contributed by atoms with Crippen molar-refractivity contribution in [3.8, 4) is 0 Å². The molecule has 1 aliphatic heterocycles. The number of aryl methyl sites for hydroxylation is 1. The minimum Gasteiger partial charge on any atom is -0.394 e. The molecule has 0 aliphatic carbocycles. The summed E-state index contributed by atoms with van der Waals surface area (Å²) in [6.07, 6.45) is 1.93. The molecule has 1 aromatic rings. The molecule has 0 radical (unpaired) electrons. The minimum atomic E-state index is 0.0940. The molecule has 2 rings (SSSR count). The molecular weight excluding hydrogens is 178 g/mol. The van der Waals surface area contributed by atoms with Gasteiger partial charge in [-0.05, 0) is 30.0 Å². The second-order valence-corrected chi connectivity index (χ2v) is 3.71. The molecule has 0 aromatic heterocycles. The highest BCUT2D eigenvalue weighted by Crippen LogP contribution is 2.25. The van der Waals surface area contributed by atoms with E-state index in [-0.39, 0.29) is 19.3 Å². The molecule has 14 heavy (non-hydrogen) atoms. The molecule has 0 saturated carbocycles. The molecular formula is C11H15NO2. The summed E-state index contributed by atoms with van der Waals surface area (Å²) in [7, 11) is 0. The predicted octanol–water partition coefficient (Wildman–Crippen LogP) is 0.898. The molecule has 3 nitrogen and oxygen atoms in total. The fourth-order valence-corrected chi connectivity index (χ4v) is 1.85. The van der Waals surface area contributed by atoms with E-state index < -0.39 is 0 Å². The van der Waals surface area contributed by atoms with E-state index in [1.807, 2.05) is 18.2 Å². The van der Waals surface area contributed by atoms with Crippen molar-refractivity contribution in [3.05, 3.63) is 29.3 Å². The van der Waals surface area contributed by atoms with E-state index in [9.17, 15) is 0 Å². The lowest BCUT2D eigenvalue weighted by Gasteiger charge is -2.25. The summed E-state index contributed by atoms with van der Waals surface area (Å²) >= 11 is 0. The van der Waals surface area contributed by atoms with Crippen LogP contribution in [0, 0.1) is 0 Å². The van der Waals surface area contributed by atoms with Crippen molar-refractivity contribution in [2.75, 3.05) is 11.9 Å². The first-order valence-electron chi connectivity index (χ1n) is 4.93. The molecule has 1 aliphatic rings. The van der Waals surface area contributed by atoms with E-state index in [1.165, 1.54) is 5.56 Å². The topological polar surface area (TPSA) is 52.5 Å². The fraction of sp³-hybridized carbons (Fsp3) is 0.455. The lowest BCUT2D eigenvalue weighted by molar-refractivity contribution is 0.266. The van der Waals surface area contributed by atoms with Crippen molar-refractivity contribution >= 4 is 5.69 Å². The lowest BCUT2D eigenvalue weighted by atomic mass is 9.97. The predicted molar refractivity (Wildman–Crippen MR) is 55.2 cm³/mol. The normalized spacial score (nSPS) is 20.0. The number of fused-ring (bicyclic) bond motifs is 1. The Kier molecular flexibility index (Phi) is 2.70. The lowest BCUT2D eigenvalue weighted by Crippen LogP contribution is -2.28. The van der Waals surface area contributed by atoms with Crippen molar-refractivity contribution in [3.63, 3.8) is 0 Å². The monoisotopic (exact) mass is 193 g/mol. The molecule has 1 unspecified atom stereocenters. The Morgan fingerprint density at radius 3 is 2.93 bits per heavy atom. The van der Waals surface area contributed by atoms with E-state index in [2.05, 4.69) is 5.32 Å². The quantitative estimate of drug-likeness (QED) is 0.654. The molecule has 0 amide bonds. The van der Waals surface area contributed by atoms with Gasteiger partial charge in [-0.15, -0.1) is 0 Å². The standard InChI is InChI=1S/C11H15NO2/c13-6-8-1-4-11-9(5-8)2-3-10(7-14)12-11/h1,4-5,10,12-14H,2-3,6-7H2. The Hall–Kier alpha value is -1.06. The molecule has 0 saturated heterocycles. The second kappa shape index (κ2) is 3.98. The van der Waals surface area contributed by atoms with Crippen LogP contribution in [-0.2, 0) is 13.0 Å². The van der Waals surface area contributed by atoms with Crippen LogP contribution in [-0.4, -0.2) is 22.9 Å². The van der Waals surface area contributed by atoms with Gasteiger partial charge in [-0.1, -0.05) is 12.1 Å². The summed E-state index contributed by atoms with van der Waals surface area (Å²) in [5.74, 6) is 0. The van der Waals surface area contributed by atoms with Crippen LogP contribution in [0.4, 0.5) is 5.69 Å². The van der Waals surface area contributed by atoms with Crippen LogP contribution in [0.25, 0.3) is 0 Å². The van der Waals surface area contributed by atoms with Gasteiger partial charge in [0.25, 0.3) is 0 Å². The number of benzene rings is 1. The molecule has 3 N–H and O–H groups in total. The zero-order valence-electron chi connectivity index (χ0n) is 8.03. The van der Waals surface area contributed by atoms with Crippen molar-refractivity contribution in [1.29, 1.82) is 0 Å². The number of anilines is 1. The Morgan fingerprint density at radius 2 is 2.21 bits per heavy atom. The first kappa shape index (κ1) is 9.49. The highest BCUT2D eigenvalue weighted by atomic mass is 16.3. The first-order chi connectivity index (χ1) is 6.83. The van der Waals surface area contributed by atoms with E-state index in [4.69, 9.17) is 10.2 Å². The summed E-state index contributed by atoms with van der Waals surface area (Å²) in [6, 6.07) is 6.09. The molecule has 0 bridgehead atoms. The molecule has 0 fully saturated rings. The minimum absolute atomic E-state index is 0.0940. The number of aliphatic hydroxyl groups is 2. The molecule has 1 heterocycles. The zero-order valence-corrected chi connectivity index (χ0v) is 8.03. The highest BCUT2D eigenvalue weighted by Gasteiger charge is 2.16. The van der Waals surface area contributed by atoms with E-state index in [1.54, 1.807) is 0 Å². The summed E-state index contributed by atoms with van der Waals surface area (Å²) in [4.78, 5) is 0. The number of nitrogens with one attached hydrogen (secondary N) is 1. The van der Waals surface area contributed by atoms with Gasteiger partial charge in [0.2, 0.25) is 0 Å². The SMILES string of the molecule is OCc1ccc2c(c1)CCC(CO)N2. The third kappa shape index (κ3) is 1.74. The smallest absolute Gasteiger partial charge is 0.0681 e. The Bertz CT molecular complexity index is 325. The van der Waals surface area contributed by atoms with Crippen molar-refractivity contribution in [2.24, 2.45) is 0 Å². The average Bonchev–Trinajstić information content (AvgIpc) is 2.27. The molecule has 3 heteroatoms. The summed E-state index contributed by atoms with van der Waals surface area (Å²) < 4.78 is 0. The van der Waals surface area contributed by atoms with Gasteiger partial charge < -0.3 is 15.5 Å². The van der Waals surface area contributed by atoms with Crippen molar-refractivity contribution < 1.29 is 10.2 Å². The Labute approximate surface area is 83.4 Å². The largest absolute Gasteiger partial charge is 0.394 e. The summed E-state index contributed by atoms with van der Waals surface area (Å²) in [5.41, 5.74) is 3.28. The van der Waals surface area contributed by atoms with Gasteiger partial charge in [-0.2, -0.15) is 0 Å². The maximum absolute atomic E-state index is 9.01. The van der Waals surface area contributed by atoms with Crippen LogP contribution >= 0.6 is 0 Å². The maximum atomic E-state index is 9.01. The molecule has 0 spiro atoms. The van der Waals surface area contributed by atoms with Crippen LogP contribution in [0.15, 0.2) is 18.2 Å². The van der Waals surface area contributed by atoms with Crippen LogP contribution in [0.1, 0.15) is 17.5 Å². The van der Waals surface area contributed by atoms with Crippen molar-refractivity contribution in [2.45, 2.75) is 25.5 Å². The molecule has 76 valence electrons. The summed E-state index contributed by atoms with van der Waals surface area (Å²) in [6.45, 7) is 0.276. The van der Waals surface area contributed by atoms with Crippen LogP contribution in [0.5, 0.6) is 0 Å². The van der Waals surface area contributed by atoms with Gasteiger partial charge >= 0.3 is 0 Å². The highest BCUT2D eigenvalue weighted by molar-refractivity contribution is 5.55. The number of rotatable bonds is 2. The third-order valence-corrected chi connectivity index (χ3v) is 2.69. The maximum Gasteiger partial charge on any atom is 0.0681 e. The van der Waals surface area contributed by atoms with Gasteiger partial charge in [-0.3, -0.25) is 0 Å². The van der Waals surface area contributed by atoms with Gasteiger partial charge in [-0.25, -0.2) is 0 Å². The van der Waals surface area contributed by atoms with Gasteiger partial charge in [0.15, 0.2) is 0 Å². The average molecular weight is 193 g/mol. The number of hydrogen-bond donors (Lipinski definition) is 3. The first-order valence-corrected chi connectivity index (χ1v) is 4.93. The second-order valence-electron chi connectivity index (χ2n) is 3.71. The van der Waals surface area contributed by atoms with Gasteiger partial charge in [0, 0.05) is 11.7 Å². The van der Waals surface area contributed by atoms with Crippen LogP contribution in [0.3, 0.4) is 0 Å². The van der Waals surface area contributed by atoms with E-state index >= 15 is 0 Å². The van der Waals surface area contributed by atoms with Crippen LogP contribution < -0.4 is 5.32 Å². The zero-order chi connectivity index (χ0) is 9.97. The van der Waals surface area contributed by atoms with Gasteiger partial charge in [0.1, 0.15) is 0 Å². The molecule has 1 aromatic carbocycles. The third-order valence-electron chi connectivity index (χ3n) is 2.69. The van der Waals surface area contributed by atoms with Crippen molar-refractivity contribution in [1.82, 2.24) is 0 Å². The van der Waals surface area contributed by atoms with E-state index in [0.29, 0.717) is 0 Å². The Balaban J connectivity index is 2.23. The Morgan fingerprint density at radius 1 is 1.36 bits per heavy atom.